The number of nitro groups is 1. The predicted octanol–water partition coefficient (Wildman–Crippen LogP) is 3.24. The Morgan fingerprint density at radius 3 is 2.39 bits per heavy atom. The molecule has 0 bridgehead atoms. The van der Waals surface area contributed by atoms with Gasteiger partial charge in [0.25, 0.3) is 11.6 Å². The van der Waals surface area contributed by atoms with Crippen molar-refractivity contribution in [3.05, 3.63) is 75.5 Å². The zero-order valence-corrected chi connectivity index (χ0v) is 17.2. The summed E-state index contributed by atoms with van der Waals surface area (Å²) in [5.74, 6) is -1.50. The Hall–Kier alpha value is -4.14. The van der Waals surface area contributed by atoms with Crippen molar-refractivity contribution in [2.45, 2.75) is 20.3 Å². The zero-order chi connectivity index (χ0) is 22.7. The number of hydrogen-bond acceptors (Lipinski definition) is 6. The lowest BCUT2D eigenvalue weighted by Gasteiger charge is -2.14. The summed E-state index contributed by atoms with van der Waals surface area (Å²) < 4.78 is 1.74. The van der Waals surface area contributed by atoms with Gasteiger partial charge in [0, 0.05) is 42.2 Å². The average molecular weight is 420 g/mol. The van der Waals surface area contributed by atoms with Gasteiger partial charge in [0.15, 0.2) is 5.78 Å². The summed E-state index contributed by atoms with van der Waals surface area (Å²) in [6, 6.07) is 13.1. The first-order chi connectivity index (χ1) is 14.7. The van der Waals surface area contributed by atoms with E-state index in [0.717, 1.165) is 17.1 Å². The van der Waals surface area contributed by atoms with Gasteiger partial charge >= 0.3 is 0 Å². The molecule has 0 saturated heterocycles. The second kappa shape index (κ2) is 8.70. The smallest absolute Gasteiger partial charge is 0.278 e. The molecule has 1 aromatic heterocycles. The number of aromatic nitrogens is 1. The van der Waals surface area contributed by atoms with Crippen LogP contribution in [-0.2, 0) is 23.1 Å². The molecule has 0 aliphatic carbocycles. The maximum absolute atomic E-state index is 12.9. The molecule has 2 aromatic carbocycles. The molecule has 158 valence electrons. The van der Waals surface area contributed by atoms with E-state index in [0.29, 0.717) is 16.3 Å². The highest BCUT2D eigenvalue weighted by Crippen LogP contribution is 2.26. The molecular formula is C22H20N4O5. The van der Waals surface area contributed by atoms with E-state index in [1.165, 1.54) is 32.0 Å². The van der Waals surface area contributed by atoms with Crippen molar-refractivity contribution in [3.63, 3.8) is 0 Å². The summed E-state index contributed by atoms with van der Waals surface area (Å²) in [7, 11) is 1.74. The van der Waals surface area contributed by atoms with Crippen LogP contribution in [-0.4, -0.2) is 38.3 Å². The fourth-order valence-corrected chi connectivity index (χ4v) is 3.47. The summed E-state index contributed by atoms with van der Waals surface area (Å²) in [6.45, 7) is 2.59. The van der Waals surface area contributed by atoms with Crippen LogP contribution in [0, 0.1) is 10.1 Å². The first-order valence-corrected chi connectivity index (χ1v) is 9.40. The summed E-state index contributed by atoms with van der Waals surface area (Å²) in [5, 5.41) is 16.4. The van der Waals surface area contributed by atoms with Gasteiger partial charge in [0.2, 0.25) is 5.91 Å². The van der Waals surface area contributed by atoms with E-state index in [-0.39, 0.29) is 23.5 Å². The highest BCUT2D eigenvalue weighted by molar-refractivity contribution is 6.09. The van der Waals surface area contributed by atoms with E-state index in [2.05, 4.69) is 5.10 Å². The van der Waals surface area contributed by atoms with E-state index < -0.39 is 16.7 Å². The SMILES string of the molecule is CC(=O)c1c(CC(=O)N(/N=C\c2ccccc2[N+](=O)[O-])C(C)=O)n(C)c2ccccc12. The number of fused-ring (bicyclic) bond motifs is 1. The number of hydrazone groups is 1. The van der Waals surface area contributed by atoms with Crippen LogP contribution in [0.1, 0.15) is 35.5 Å². The van der Waals surface area contributed by atoms with Crippen LogP contribution >= 0.6 is 0 Å². The zero-order valence-electron chi connectivity index (χ0n) is 17.2. The quantitative estimate of drug-likeness (QED) is 0.263. The standard InChI is InChI=1S/C22H20N4O5/c1-14(27)22-17-9-5-7-11-19(17)24(3)20(22)12-21(29)25(15(2)28)23-13-16-8-4-6-10-18(16)26(30)31/h4-11,13H,12H2,1-3H3/b23-13-. The van der Waals surface area contributed by atoms with Gasteiger partial charge in [-0.1, -0.05) is 30.3 Å². The number of para-hydroxylation sites is 2. The van der Waals surface area contributed by atoms with Gasteiger partial charge < -0.3 is 4.57 Å². The number of amides is 2. The minimum Gasteiger partial charge on any atom is -0.346 e. The third-order valence-corrected chi connectivity index (χ3v) is 4.88. The van der Waals surface area contributed by atoms with Crippen molar-refractivity contribution < 1.29 is 19.3 Å². The van der Waals surface area contributed by atoms with E-state index in [4.69, 9.17) is 0 Å². The third-order valence-electron chi connectivity index (χ3n) is 4.88. The summed E-state index contributed by atoms with van der Waals surface area (Å²) in [5.41, 5.74) is 1.62. The number of rotatable bonds is 6. The average Bonchev–Trinajstić information content (AvgIpc) is 3.00. The van der Waals surface area contributed by atoms with Crippen molar-refractivity contribution in [1.29, 1.82) is 0 Å². The number of carbonyl (C=O) groups excluding carboxylic acids is 3. The molecular weight excluding hydrogens is 400 g/mol. The summed E-state index contributed by atoms with van der Waals surface area (Å²) >= 11 is 0. The Bertz CT molecular complexity index is 1240. The van der Waals surface area contributed by atoms with Gasteiger partial charge in [-0.3, -0.25) is 24.5 Å². The Labute approximate surface area is 177 Å². The molecule has 0 N–H and O–H groups in total. The number of aryl methyl sites for hydroxylation is 1. The molecule has 9 heteroatoms. The highest BCUT2D eigenvalue weighted by atomic mass is 16.6. The molecule has 0 aliphatic rings. The van der Waals surface area contributed by atoms with Crippen LogP contribution in [0.5, 0.6) is 0 Å². The van der Waals surface area contributed by atoms with Crippen molar-refractivity contribution in [1.82, 2.24) is 9.58 Å². The molecule has 0 saturated carbocycles. The Kier molecular flexibility index (Phi) is 6.05. The van der Waals surface area contributed by atoms with Gasteiger partial charge in [-0.2, -0.15) is 10.1 Å². The Morgan fingerprint density at radius 1 is 1.10 bits per heavy atom. The summed E-state index contributed by atoms with van der Waals surface area (Å²) in [6.07, 6.45) is 0.860. The third kappa shape index (κ3) is 4.25. The first kappa shape index (κ1) is 21.6. The number of imide groups is 1. The molecule has 0 spiro atoms. The van der Waals surface area contributed by atoms with Crippen LogP contribution in [0.4, 0.5) is 5.69 Å². The number of hydrogen-bond donors (Lipinski definition) is 0. The number of nitro benzene ring substituents is 1. The number of carbonyl (C=O) groups is 3. The maximum atomic E-state index is 12.9. The van der Waals surface area contributed by atoms with Crippen LogP contribution < -0.4 is 0 Å². The second-order valence-electron chi connectivity index (χ2n) is 6.92. The lowest BCUT2D eigenvalue weighted by atomic mass is 10.1. The lowest BCUT2D eigenvalue weighted by Crippen LogP contribution is -2.32. The minimum atomic E-state index is -0.657. The molecule has 0 atom stereocenters. The van der Waals surface area contributed by atoms with Crippen LogP contribution in [0.15, 0.2) is 53.6 Å². The number of nitrogens with zero attached hydrogens (tertiary/aromatic N) is 4. The fourth-order valence-electron chi connectivity index (χ4n) is 3.47. The molecule has 3 aromatic rings. The topological polar surface area (TPSA) is 115 Å². The molecule has 0 unspecified atom stereocenters. The minimum absolute atomic E-state index is 0.153. The Morgan fingerprint density at radius 2 is 1.74 bits per heavy atom. The van der Waals surface area contributed by atoms with E-state index in [9.17, 15) is 24.5 Å². The van der Waals surface area contributed by atoms with Gasteiger partial charge in [-0.25, -0.2) is 0 Å². The van der Waals surface area contributed by atoms with Gasteiger partial charge in [-0.05, 0) is 19.1 Å². The molecule has 2 amide bonds. The van der Waals surface area contributed by atoms with E-state index >= 15 is 0 Å². The number of ketones is 1. The highest BCUT2D eigenvalue weighted by Gasteiger charge is 2.25. The normalized spacial score (nSPS) is 11.1. The van der Waals surface area contributed by atoms with Gasteiger partial charge in [-0.15, -0.1) is 0 Å². The van der Waals surface area contributed by atoms with E-state index in [1.54, 1.807) is 29.8 Å². The molecule has 9 nitrogen and oxygen atoms in total. The van der Waals surface area contributed by atoms with Crippen LogP contribution in [0.25, 0.3) is 10.9 Å². The maximum Gasteiger partial charge on any atom is 0.278 e. The Balaban J connectivity index is 1.97. The predicted molar refractivity (Wildman–Crippen MR) is 115 cm³/mol. The lowest BCUT2D eigenvalue weighted by molar-refractivity contribution is -0.385. The van der Waals surface area contributed by atoms with Gasteiger partial charge in [0.05, 0.1) is 23.1 Å². The van der Waals surface area contributed by atoms with E-state index in [1.807, 2.05) is 12.1 Å². The van der Waals surface area contributed by atoms with Gasteiger partial charge in [0.1, 0.15) is 0 Å². The number of benzene rings is 2. The van der Waals surface area contributed by atoms with Crippen molar-refractivity contribution in [2.24, 2.45) is 12.1 Å². The van der Waals surface area contributed by atoms with Crippen LogP contribution in [0.3, 0.4) is 0 Å². The fraction of sp³-hybridized carbons (Fsp3) is 0.182. The second-order valence-corrected chi connectivity index (χ2v) is 6.92. The molecule has 0 aliphatic heterocycles. The first-order valence-electron chi connectivity index (χ1n) is 9.40. The molecule has 3 rings (SSSR count). The van der Waals surface area contributed by atoms with Crippen molar-refractivity contribution in [2.75, 3.05) is 0 Å². The largest absolute Gasteiger partial charge is 0.346 e. The number of Topliss-reactive ketones (excluding diaryl/α,β-unsaturated/α-hetero) is 1. The molecule has 0 fully saturated rings. The van der Waals surface area contributed by atoms with Crippen molar-refractivity contribution >= 4 is 40.4 Å². The molecule has 31 heavy (non-hydrogen) atoms. The molecule has 1 heterocycles. The molecule has 0 radical (unpaired) electrons. The van der Waals surface area contributed by atoms with Crippen molar-refractivity contribution in [3.8, 4) is 0 Å². The van der Waals surface area contributed by atoms with Crippen LogP contribution in [0.2, 0.25) is 0 Å². The monoisotopic (exact) mass is 420 g/mol. The summed E-state index contributed by atoms with van der Waals surface area (Å²) in [4.78, 5) is 47.9.